The third-order valence-corrected chi connectivity index (χ3v) is 8.90. The minimum atomic E-state index is -4.21. The van der Waals surface area contributed by atoms with Crippen LogP contribution in [-0.4, -0.2) is 49.1 Å². The van der Waals surface area contributed by atoms with E-state index in [0.29, 0.717) is 16.2 Å². The molecule has 0 saturated heterocycles. The molecule has 178 valence electrons. The van der Waals surface area contributed by atoms with E-state index in [-0.39, 0.29) is 17.5 Å². The molecule has 2 aromatic rings. The van der Waals surface area contributed by atoms with Crippen molar-refractivity contribution in [3.8, 4) is 5.75 Å². The Kier molecular flexibility index (Phi) is 6.91. The maximum Gasteiger partial charge on any atom is 0.408 e. The smallest absolute Gasteiger partial charge is 0.408 e. The van der Waals surface area contributed by atoms with Crippen LogP contribution in [0.3, 0.4) is 0 Å². The number of benzene rings is 1. The summed E-state index contributed by atoms with van der Waals surface area (Å²) in [5, 5.41) is 14.6. The Labute approximate surface area is 196 Å². The maximum atomic E-state index is 13.5. The summed E-state index contributed by atoms with van der Waals surface area (Å²) in [6.07, 6.45) is 2.82. The zero-order chi connectivity index (χ0) is 23.6. The van der Waals surface area contributed by atoms with Crippen molar-refractivity contribution >= 4 is 33.4 Å². The van der Waals surface area contributed by atoms with Crippen LogP contribution in [0.2, 0.25) is 0 Å². The number of carboxylic acids is 1. The third kappa shape index (κ3) is 4.85. The summed E-state index contributed by atoms with van der Waals surface area (Å²) in [6.45, 7) is -0.131. The van der Waals surface area contributed by atoms with Crippen molar-refractivity contribution in [3.05, 3.63) is 46.2 Å². The van der Waals surface area contributed by atoms with Crippen molar-refractivity contribution < 1.29 is 32.6 Å². The van der Waals surface area contributed by atoms with E-state index in [1.165, 1.54) is 42.7 Å². The average molecular weight is 495 g/mol. The zero-order valence-corrected chi connectivity index (χ0v) is 19.7. The molecule has 1 aromatic carbocycles. The van der Waals surface area contributed by atoms with Gasteiger partial charge in [-0.15, -0.1) is 11.3 Å². The minimum absolute atomic E-state index is 0.0277. The molecule has 11 heteroatoms. The number of carbonyl (C=O) groups excluding carboxylic acids is 1. The number of alkyl carbamates (subject to hydrolysis) is 1. The molecule has 9 nitrogen and oxygen atoms in total. The fourth-order valence-corrected chi connectivity index (χ4v) is 6.87. The van der Waals surface area contributed by atoms with Crippen LogP contribution < -0.4 is 10.1 Å². The summed E-state index contributed by atoms with van der Waals surface area (Å²) in [7, 11) is -2.74. The highest BCUT2D eigenvalue weighted by atomic mass is 32.2. The molecule has 33 heavy (non-hydrogen) atoms. The number of amides is 1. The van der Waals surface area contributed by atoms with Crippen LogP contribution in [0.5, 0.6) is 5.75 Å². The number of rotatable bonds is 6. The van der Waals surface area contributed by atoms with Crippen LogP contribution in [0.4, 0.5) is 4.79 Å². The summed E-state index contributed by atoms with van der Waals surface area (Å²) in [6, 6.07) is 5.82. The summed E-state index contributed by atoms with van der Waals surface area (Å²) in [5.41, 5.74) is 0.616. The SMILES string of the molecule is COc1ccc(S(=O)(=O)N2Cc3ccsc3C(OC(=O)NC3CCCCC3)C2C(=O)O)cc1. The van der Waals surface area contributed by atoms with Gasteiger partial charge in [0.2, 0.25) is 10.0 Å². The van der Waals surface area contributed by atoms with Gasteiger partial charge in [-0.1, -0.05) is 19.3 Å². The number of methoxy groups -OCH3 is 1. The first-order chi connectivity index (χ1) is 15.8. The number of thiophene rings is 1. The normalized spacial score (nSPS) is 21.7. The van der Waals surface area contributed by atoms with Gasteiger partial charge in [0, 0.05) is 12.6 Å². The highest BCUT2D eigenvalue weighted by Crippen LogP contribution is 2.40. The molecule has 1 amide bonds. The van der Waals surface area contributed by atoms with E-state index in [2.05, 4.69) is 5.32 Å². The number of aliphatic carboxylic acids is 1. The highest BCUT2D eigenvalue weighted by molar-refractivity contribution is 7.89. The number of ether oxygens (including phenoxy) is 2. The molecule has 1 aliphatic carbocycles. The maximum absolute atomic E-state index is 13.5. The van der Waals surface area contributed by atoms with Gasteiger partial charge in [-0.2, -0.15) is 4.31 Å². The summed E-state index contributed by atoms with van der Waals surface area (Å²) >= 11 is 1.25. The molecule has 2 N–H and O–H groups in total. The Morgan fingerprint density at radius 3 is 2.45 bits per heavy atom. The molecule has 2 heterocycles. The van der Waals surface area contributed by atoms with Gasteiger partial charge in [-0.25, -0.2) is 13.2 Å². The van der Waals surface area contributed by atoms with E-state index in [4.69, 9.17) is 9.47 Å². The molecule has 1 aromatic heterocycles. The minimum Gasteiger partial charge on any atom is -0.497 e. The van der Waals surface area contributed by atoms with Crippen LogP contribution in [0, 0.1) is 0 Å². The van der Waals surface area contributed by atoms with Crippen molar-refractivity contribution in [2.45, 2.75) is 61.7 Å². The Balaban J connectivity index is 1.64. The van der Waals surface area contributed by atoms with Gasteiger partial charge in [0.15, 0.2) is 12.1 Å². The third-order valence-electron chi connectivity index (χ3n) is 6.04. The van der Waals surface area contributed by atoms with Gasteiger partial charge in [-0.05, 0) is 54.1 Å². The van der Waals surface area contributed by atoms with Crippen LogP contribution in [0.1, 0.15) is 48.6 Å². The molecular formula is C22H26N2O7S2. The number of carboxylic acid groups (broad SMARTS) is 1. The first-order valence-electron chi connectivity index (χ1n) is 10.7. The molecular weight excluding hydrogens is 468 g/mol. The second-order valence-corrected chi connectivity index (χ2v) is 11.0. The number of sulfonamides is 1. The quantitative estimate of drug-likeness (QED) is 0.630. The van der Waals surface area contributed by atoms with Gasteiger partial charge in [0.05, 0.1) is 16.9 Å². The number of hydrogen-bond donors (Lipinski definition) is 2. The molecule has 2 aliphatic rings. The molecule has 2 atom stereocenters. The van der Waals surface area contributed by atoms with Crippen molar-refractivity contribution in [2.24, 2.45) is 0 Å². The van der Waals surface area contributed by atoms with Crippen LogP contribution in [-0.2, 0) is 26.1 Å². The number of carbonyl (C=O) groups is 2. The molecule has 0 radical (unpaired) electrons. The number of fused-ring (bicyclic) bond motifs is 1. The van der Waals surface area contributed by atoms with Crippen molar-refractivity contribution in [1.82, 2.24) is 9.62 Å². The van der Waals surface area contributed by atoms with Gasteiger partial charge >= 0.3 is 12.1 Å². The standard InChI is InChI=1S/C22H26N2O7S2/c1-30-16-7-9-17(10-8-16)33(28,29)24-13-14-11-12-32-20(14)19(18(24)21(25)26)31-22(27)23-15-5-3-2-4-6-15/h7-12,15,18-19H,2-6,13H2,1H3,(H,23,27)(H,25,26). The van der Waals surface area contributed by atoms with E-state index >= 15 is 0 Å². The molecule has 0 spiro atoms. The molecule has 1 fully saturated rings. The molecule has 2 unspecified atom stereocenters. The lowest BCUT2D eigenvalue weighted by Crippen LogP contribution is -2.52. The predicted molar refractivity (Wildman–Crippen MR) is 121 cm³/mol. The van der Waals surface area contributed by atoms with Crippen LogP contribution >= 0.6 is 11.3 Å². The van der Waals surface area contributed by atoms with Gasteiger partial charge in [0.25, 0.3) is 0 Å². The largest absolute Gasteiger partial charge is 0.497 e. The zero-order valence-electron chi connectivity index (χ0n) is 18.1. The lowest BCUT2D eigenvalue weighted by molar-refractivity contribution is -0.146. The van der Waals surface area contributed by atoms with E-state index in [9.17, 15) is 23.1 Å². The monoisotopic (exact) mass is 494 g/mol. The first-order valence-corrected chi connectivity index (χ1v) is 13.1. The van der Waals surface area contributed by atoms with E-state index < -0.39 is 34.2 Å². The number of nitrogens with one attached hydrogen (secondary N) is 1. The lowest BCUT2D eigenvalue weighted by atomic mass is 9.96. The van der Waals surface area contributed by atoms with E-state index in [1.54, 1.807) is 11.4 Å². The summed E-state index contributed by atoms with van der Waals surface area (Å²) in [4.78, 5) is 25.5. The average Bonchev–Trinajstić information content (AvgIpc) is 3.28. The summed E-state index contributed by atoms with van der Waals surface area (Å²) < 4.78 is 38.5. The van der Waals surface area contributed by atoms with Gasteiger partial charge in [0.1, 0.15) is 5.75 Å². The predicted octanol–water partition coefficient (Wildman–Crippen LogP) is 3.51. The van der Waals surface area contributed by atoms with E-state index in [1.807, 2.05) is 0 Å². The van der Waals surface area contributed by atoms with Crippen molar-refractivity contribution in [2.75, 3.05) is 7.11 Å². The molecule has 4 rings (SSSR count). The number of nitrogens with zero attached hydrogens (tertiary/aromatic N) is 1. The van der Waals surface area contributed by atoms with Crippen molar-refractivity contribution in [3.63, 3.8) is 0 Å². The first kappa shape index (κ1) is 23.5. The van der Waals surface area contributed by atoms with E-state index in [0.717, 1.165) is 36.4 Å². The molecule has 1 saturated carbocycles. The Morgan fingerprint density at radius 1 is 1.12 bits per heavy atom. The topological polar surface area (TPSA) is 122 Å². The second kappa shape index (κ2) is 9.70. The fraction of sp³-hybridized carbons (Fsp3) is 0.455. The Bertz CT molecular complexity index is 1110. The van der Waals surface area contributed by atoms with Crippen LogP contribution in [0.15, 0.2) is 40.6 Å². The van der Waals surface area contributed by atoms with Gasteiger partial charge < -0.3 is 19.9 Å². The summed E-state index contributed by atoms with van der Waals surface area (Å²) in [5.74, 6) is -0.912. The Morgan fingerprint density at radius 2 is 1.82 bits per heavy atom. The molecule has 0 bridgehead atoms. The van der Waals surface area contributed by atoms with Crippen LogP contribution in [0.25, 0.3) is 0 Å². The Hall–Kier alpha value is -2.63. The van der Waals surface area contributed by atoms with Crippen molar-refractivity contribution in [1.29, 1.82) is 0 Å². The highest BCUT2D eigenvalue weighted by Gasteiger charge is 2.48. The lowest BCUT2D eigenvalue weighted by Gasteiger charge is -2.37. The second-order valence-electron chi connectivity index (χ2n) is 8.12. The molecule has 1 aliphatic heterocycles. The number of hydrogen-bond acceptors (Lipinski definition) is 7. The van der Waals surface area contributed by atoms with Gasteiger partial charge in [-0.3, -0.25) is 4.79 Å². The fourth-order valence-electron chi connectivity index (χ4n) is 4.34.